The summed E-state index contributed by atoms with van der Waals surface area (Å²) >= 11 is 0. The van der Waals surface area contributed by atoms with Crippen LogP contribution in [-0.4, -0.2) is 0 Å². The Hall–Kier alpha value is -9.18. The van der Waals surface area contributed by atoms with E-state index >= 15 is 0 Å². The van der Waals surface area contributed by atoms with Crippen LogP contribution in [0.25, 0.3) is 94.6 Å². The SMILES string of the molecule is C1=C(c2ccc3oc4ccccc4c3c2-c2ccc(N(c3cc(-c4ccccc4)cc(-c4ccccc4)c3)c3ccccc3-c3ccccc3)cc2)CC(c2ccccc2)=c2c(oc3ccccc23)=C1. The molecule has 3 nitrogen and oxygen atoms in total. The van der Waals surface area contributed by atoms with E-state index in [1.807, 2.05) is 12.1 Å². The predicted molar refractivity (Wildman–Crippen MR) is 292 cm³/mol. The van der Waals surface area contributed by atoms with Crippen LogP contribution in [0.3, 0.4) is 0 Å². The molecule has 1 aliphatic carbocycles. The minimum Gasteiger partial charge on any atom is -0.456 e. The lowest BCUT2D eigenvalue weighted by molar-refractivity contribution is 0.575. The summed E-state index contributed by atoms with van der Waals surface area (Å²) in [5, 5.41) is 4.46. The first-order chi connectivity index (χ1) is 34.7. The van der Waals surface area contributed by atoms with Gasteiger partial charge in [0.25, 0.3) is 0 Å². The van der Waals surface area contributed by atoms with Crippen molar-refractivity contribution in [2.45, 2.75) is 6.42 Å². The van der Waals surface area contributed by atoms with Gasteiger partial charge in [-0.15, -0.1) is 0 Å². The van der Waals surface area contributed by atoms with Crippen LogP contribution in [0, 0.1) is 0 Å². The average Bonchev–Trinajstić information content (AvgIpc) is 3.94. The highest BCUT2D eigenvalue weighted by atomic mass is 16.3. The number of hydrogen-bond acceptors (Lipinski definition) is 3. The van der Waals surface area contributed by atoms with Crippen LogP contribution in [0.1, 0.15) is 17.5 Å². The molecule has 2 aromatic heterocycles. The number of rotatable bonds is 9. The first-order valence-electron chi connectivity index (χ1n) is 23.9. The van der Waals surface area contributed by atoms with Gasteiger partial charge >= 0.3 is 0 Å². The molecule has 0 radical (unpaired) electrons. The molecule has 0 N–H and O–H groups in total. The Labute approximate surface area is 406 Å². The molecule has 0 spiro atoms. The van der Waals surface area contributed by atoms with E-state index in [0.717, 1.165) is 111 Å². The second-order valence-electron chi connectivity index (χ2n) is 17.9. The average molecular weight is 896 g/mol. The minimum absolute atomic E-state index is 0.703. The van der Waals surface area contributed by atoms with Gasteiger partial charge in [-0.2, -0.15) is 0 Å². The molecule has 0 aliphatic heterocycles. The highest BCUT2D eigenvalue weighted by molar-refractivity contribution is 6.15. The third kappa shape index (κ3) is 7.33. The fourth-order valence-corrected chi connectivity index (χ4v) is 10.5. The van der Waals surface area contributed by atoms with Crippen LogP contribution in [0.4, 0.5) is 17.1 Å². The lowest BCUT2D eigenvalue weighted by Crippen LogP contribution is -2.22. The van der Waals surface area contributed by atoms with E-state index in [9.17, 15) is 0 Å². The lowest BCUT2D eigenvalue weighted by Gasteiger charge is -2.29. The van der Waals surface area contributed by atoms with E-state index in [-0.39, 0.29) is 0 Å². The van der Waals surface area contributed by atoms with Crippen molar-refractivity contribution in [3.8, 4) is 44.5 Å². The zero-order chi connectivity index (χ0) is 46.4. The zero-order valence-corrected chi connectivity index (χ0v) is 38.3. The molecule has 0 bridgehead atoms. The maximum Gasteiger partial charge on any atom is 0.136 e. The molecule has 1 aliphatic rings. The van der Waals surface area contributed by atoms with Crippen LogP contribution in [0.5, 0.6) is 0 Å². The Bertz CT molecular complexity index is 4000. The Morgan fingerprint density at radius 2 is 0.900 bits per heavy atom. The van der Waals surface area contributed by atoms with E-state index in [0.29, 0.717) is 6.42 Å². The Morgan fingerprint density at radius 1 is 0.343 bits per heavy atom. The summed E-state index contributed by atoms with van der Waals surface area (Å²) in [6.45, 7) is 0. The second kappa shape index (κ2) is 17.5. The van der Waals surface area contributed by atoms with E-state index in [2.05, 4.69) is 254 Å². The number of nitrogens with zero attached hydrogens (tertiary/aromatic N) is 1. The van der Waals surface area contributed by atoms with E-state index < -0.39 is 0 Å². The Morgan fingerprint density at radius 3 is 1.57 bits per heavy atom. The largest absolute Gasteiger partial charge is 0.456 e. The molecular formula is C67H45NO2. The number of furan rings is 2. The van der Waals surface area contributed by atoms with Gasteiger partial charge in [-0.1, -0.05) is 200 Å². The minimum atomic E-state index is 0.703. The molecule has 0 unspecified atom stereocenters. The van der Waals surface area contributed by atoms with Crippen molar-refractivity contribution in [1.29, 1.82) is 0 Å². The summed E-state index contributed by atoms with van der Waals surface area (Å²) < 4.78 is 13.2. The molecule has 0 atom stereocenters. The summed E-state index contributed by atoms with van der Waals surface area (Å²) in [7, 11) is 0. The quantitative estimate of drug-likeness (QED) is 0.145. The van der Waals surface area contributed by atoms with Gasteiger partial charge in [-0.25, -0.2) is 0 Å². The third-order valence-electron chi connectivity index (χ3n) is 13.8. The number of para-hydroxylation sites is 3. The molecule has 2 heterocycles. The summed E-state index contributed by atoms with van der Waals surface area (Å²) in [4.78, 5) is 2.43. The molecule has 3 heteroatoms. The molecule has 0 saturated heterocycles. The molecule has 0 fully saturated rings. The van der Waals surface area contributed by atoms with Crippen LogP contribution >= 0.6 is 0 Å². The summed E-state index contributed by atoms with van der Waals surface area (Å²) in [6.07, 6.45) is 5.14. The van der Waals surface area contributed by atoms with Gasteiger partial charge in [0.1, 0.15) is 22.2 Å². The molecule has 12 aromatic rings. The molecule has 0 saturated carbocycles. The van der Waals surface area contributed by atoms with Gasteiger partial charge in [-0.05, 0) is 123 Å². The van der Waals surface area contributed by atoms with Crippen molar-refractivity contribution in [3.63, 3.8) is 0 Å². The highest BCUT2D eigenvalue weighted by Gasteiger charge is 2.24. The van der Waals surface area contributed by atoms with Gasteiger partial charge in [0.15, 0.2) is 0 Å². The topological polar surface area (TPSA) is 29.5 Å². The van der Waals surface area contributed by atoms with Gasteiger partial charge in [0, 0.05) is 43.9 Å². The van der Waals surface area contributed by atoms with Crippen molar-refractivity contribution in [2.75, 3.05) is 4.90 Å². The van der Waals surface area contributed by atoms with Crippen LogP contribution in [0.2, 0.25) is 0 Å². The molecule has 70 heavy (non-hydrogen) atoms. The Balaban J connectivity index is 1.02. The predicted octanol–water partition coefficient (Wildman–Crippen LogP) is 16.9. The monoisotopic (exact) mass is 895 g/mol. The number of anilines is 3. The molecular weight excluding hydrogens is 851 g/mol. The van der Waals surface area contributed by atoms with Crippen LogP contribution in [0.15, 0.2) is 264 Å². The summed E-state index contributed by atoms with van der Waals surface area (Å²) in [6, 6.07) is 89.0. The van der Waals surface area contributed by atoms with E-state index in [4.69, 9.17) is 8.83 Å². The van der Waals surface area contributed by atoms with Crippen molar-refractivity contribution >= 4 is 67.2 Å². The van der Waals surface area contributed by atoms with Crippen molar-refractivity contribution in [3.05, 3.63) is 277 Å². The third-order valence-corrected chi connectivity index (χ3v) is 13.8. The molecule has 0 amide bonds. The maximum atomic E-state index is 6.63. The van der Waals surface area contributed by atoms with Crippen molar-refractivity contribution in [1.82, 2.24) is 0 Å². The van der Waals surface area contributed by atoms with Gasteiger partial charge in [0.2, 0.25) is 0 Å². The standard InChI is InChI=1S/C67H45NO2/c1-5-19-45(20-6-1)51-41-52(46-21-7-2-8-22-46)43-54(42-51)68(60-30-16-13-27-55(60)47-23-9-3-10-24-47)53-36-33-49(34-37-53)65-56(38-40-64-67(65)58-29-15-18-32-62(58)70-64)50-35-39-63-66(57-28-14-17-31-61(57)69-63)59(44-50)48-25-11-4-12-26-48/h1-43H,44H2. The van der Waals surface area contributed by atoms with Gasteiger partial charge in [0.05, 0.1) is 5.69 Å². The smallest absolute Gasteiger partial charge is 0.136 e. The number of hydrogen-bond donors (Lipinski definition) is 0. The normalized spacial score (nSPS) is 12.4. The van der Waals surface area contributed by atoms with Crippen molar-refractivity contribution < 1.29 is 8.83 Å². The molecule has 10 aromatic carbocycles. The fourth-order valence-electron chi connectivity index (χ4n) is 10.5. The van der Waals surface area contributed by atoms with E-state index in [1.165, 1.54) is 16.7 Å². The van der Waals surface area contributed by atoms with Crippen molar-refractivity contribution in [2.24, 2.45) is 0 Å². The number of fused-ring (bicyclic) bond motifs is 6. The molecule has 330 valence electrons. The lowest BCUT2D eigenvalue weighted by atomic mass is 9.86. The summed E-state index contributed by atoms with van der Waals surface area (Å²) in [5.41, 5.74) is 20.6. The van der Waals surface area contributed by atoms with Gasteiger partial charge < -0.3 is 13.7 Å². The summed E-state index contributed by atoms with van der Waals surface area (Å²) in [5.74, 6) is 0. The fraction of sp³-hybridized carbons (Fsp3) is 0.0149. The van der Waals surface area contributed by atoms with Crippen LogP contribution < -0.4 is 15.5 Å². The maximum absolute atomic E-state index is 6.63. The molecule has 13 rings (SSSR count). The number of allylic oxidation sites excluding steroid dienone is 2. The second-order valence-corrected chi connectivity index (χ2v) is 17.9. The number of benzene rings is 10. The Kier molecular flexibility index (Phi) is 10.2. The van der Waals surface area contributed by atoms with Crippen LogP contribution in [-0.2, 0) is 0 Å². The first kappa shape index (κ1) is 41.0. The first-order valence-corrected chi connectivity index (χ1v) is 23.9. The van der Waals surface area contributed by atoms with E-state index in [1.54, 1.807) is 0 Å². The zero-order valence-electron chi connectivity index (χ0n) is 38.3. The van der Waals surface area contributed by atoms with Gasteiger partial charge in [-0.3, -0.25) is 0 Å². The highest BCUT2D eigenvalue weighted by Crippen LogP contribution is 2.47.